The molecule has 3 aromatic carbocycles. The van der Waals surface area contributed by atoms with Gasteiger partial charge in [0.1, 0.15) is 0 Å². The summed E-state index contributed by atoms with van der Waals surface area (Å²) in [4.78, 5) is 2.39. The van der Waals surface area contributed by atoms with Crippen LogP contribution in [0.2, 0.25) is 0 Å². The first-order valence-corrected chi connectivity index (χ1v) is 9.58. The third-order valence-corrected chi connectivity index (χ3v) is 4.93. The van der Waals surface area contributed by atoms with Crippen LogP contribution >= 0.6 is 0 Å². The van der Waals surface area contributed by atoms with Gasteiger partial charge in [-0.15, -0.1) is 0 Å². The van der Waals surface area contributed by atoms with Crippen LogP contribution in [0.25, 0.3) is 10.8 Å². The van der Waals surface area contributed by atoms with Gasteiger partial charge in [0.25, 0.3) is 0 Å². The molecule has 0 saturated carbocycles. The number of nitrogens with one attached hydrogen (secondary N) is 1. The third kappa shape index (κ3) is 5.40. The molecule has 0 fully saturated rings. The summed E-state index contributed by atoms with van der Waals surface area (Å²) in [7, 11) is 1.96. The van der Waals surface area contributed by atoms with Crippen LogP contribution in [-0.2, 0) is 19.5 Å². The van der Waals surface area contributed by atoms with Gasteiger partial charge in [0.05, 0.1) is 6.07 Å². The zero-order valence-corrected chi connectivity index (χ0v) is 16.0. The molecule has 0 aliphatic heterocycles. The lowest BCUT2D eigenvalue weighted by atomic mass is 10.0. The molecule has 0 bridgehead atoms. The molecule has 3 nitrogen and oxygen atoms in total. The molecule has 3 aromatic rings. The van der Waals surface area contributed by atoms with Gasteiger partial charge in [-0.05, 0) is 40.9 Å². The maximum Gasteiger partial charge on any atom is 0.0635 e. The summed E-state index contributed by atoms with van der Waals surface area (Å²) in [5.74, 6) is 0. The van der Waals surface area contributed by atoms with Crippen molar-refractivity contribution in [2.45, 2.75) is 25.9 Å². The summed E-state index contributed by atoms with van der Waals surface area (Å²) in [5, 5.41) is 14.8. The Morgan fingerprint density at radius 3 is 2.41 bits per heavy atom. The second kappa shape index (κ2) is 9.87. The average Bonchev–Trinajstić information content (AvgIpc) is 2.71. The van der Waals surface area contributed by atoms with Crippen molar-refractivity contribution >= 4 is 10.8 Å². The van der Waals surface area contributed by atoms with Crippen molar-refractivity contribution in [2.75, 3.05) is 20.1 Å². The van der Waals surface area contributed by atoms with Gasteiger partial charge in [-0.25, -0.2) is 0 Å². The molecule has 0 atom stereocenters. The van der Waals surface area contributed by atoms with Gasteiger partial charge >= 0.3 is 0 Å². The van der Waals surface area contributed by atoms with Gasteiger partial charge in [0.15, 0.2) is 0 Å². The van der Waals surface area contributed by atoms with Crippen LogP contribution in [0.1, 0.15) is 23.1 Å². The van der Waals surface area contributed by atoms with Crippen LogP contribution < -0.4 is 5.32 Å². The van der Waals surface area contributed by atoms with E-state index in [0.717, 1.165) is 32.6 Å². The number of benzene rings is 3. The third-order valence-electron chi connectivity index (χ3n) is 4.93. The standard InChI is InChI=1S/C24H27N3/c1-26-18-20-10-12-21(13-11-20)19-27(16-5-15-25)17-14-23-8-4-7-22-6-2-3-9-24(22)23/h2-4,6-13,26H,5,14,16-19H2,1H3. The van der Waals surface area contributed by atoms with E-state index in [4.69, 9.17) is 5.26 Å². The Morgan fingerprint density at radius 1 is 0.889 bits per heavy atom. The second-order valence-electron chi connectivity index (χ2n) is 6.92. The van der Waals surface area contributed by atoms with Gasteiger partial charge in [-0.1, -0.05) is 66.7 Å². The quantitative estimate of drug-likeness (QED) is 0.612. The highest BCUT2D eigenvalue weighted by molar-refractivity contribution is 5.85. The first kappa shape index (κ1) is 19.1. The molecule has 0 unspecified atom stereocenters. The molecule has 0 amide bonds. The molecular formula is C24H27N3. The number of rotatable bonds is 9. The Hall–Kier alpha value is -2.67. The van der Waals surface area contributed by atoms with E-state index in [9.17, 15) is 0 Å². The smallest absolute Gasteiger partial charge is 0.0635 e. The number of nitrogens with zero attached hydrogens (tertiary/aromatic N) is 2. The number of nitriles is 1. The maximum absolute atomic E-state index is 9.02. The van der Waals surface area contributed by atoms with E-state index in [1.165, 1.54) is 27.5 Å². The molecule has 0 aliphatic carbocycles. The van der Waals surface area contributed by atoms with E-state index in [1.54, 1.807) is 0 Å². The fourth-order valence-corrected chi connectivity index (χ4v) is 3.49. The summed E-state index contributed by atoms with van der Waals surface area (Å²) in [6, 6.07) is 26.1. The minimum atomic E-state index is 0.563. The van der Waals surface area contributed by atoms with Crippen LogP contribution in [0, 0.1) is 11.3 Å². The zero-order chi connectivity index (χ0) is 18.9. The molecule has 138 valence electrons. The Kier molecular flexibility index (Phi) is 6.98. The van der Waals surface area contributed by atoms with Crippen molar-refractivity contribution in [1.29, 1.82) is 5.26 Å². The minimum Gasteiger partial charge on any atom is -0.316 e. The van der Waals surface area contributed by atoms with Crippen molar-refractivity contribution in [1.82, 2.24) is 10.2 Å². The summed E-state index contributed by atoms with van der Waals surface area (Å²) >= 11 is 0. The fourth-order valence-electron chi connectivity index (χ4n) is 3.49. The number of hydrogen-bond acceptors (Lipinski definition) is 3. The fraction of sp³-hybridized carbons (Fsp3) is 0.292. The Balaban J connectivity index is 1.68. The summed E-state index contributed by atoms with van der Waals surface area (Å²) in [5.41, 5.74) is 3.96. The van der Waals surface area contributed by atoms with Gasteiger partial charge in [-0.3, -0.25) is 4.90 Å². The van der Waals surface area contributed by atoms with E-state index in [2.05, 4.69) is 83.0 Å². The summed E-state index contributed by atoms with van der Waals surface area (Å²) in [6.45, 7) is 3.53. The molecule has 0 aliphatic rings. The van der Waals surface area contributed by atoms with Crippen molar-refractivity contribution in [3.05, 3.63) is 83.4 Å². The predicted molar refractivity (Wildman–Crippen MR) is 112 cm³/mol. The Morgan fingerprint density at radius 2 is 1.63 bits per heavy atom. The first-order valence-electron chi connectivity index (χ1n) is 9.58. The Labute approximate surface area is 162 Å². The SMILES string of the molecule is CNCc1ccc(CN(CCC#N)CCc2cccc3ccccc23)cc1. The second-order valence-corrected chi connectivity index (χ2v) is 6.92. The number of hydrogen-bond donors (Lipinski definition) is 1. The maximum atomic E-state index is 9.02. The van der Waals surface area contributed by atoms with E-state index >= 15 is 0 Å². The lowest BCUT2D eigenvalue weighted by Crippen LogP contribution is -2.26. The lowest BCUT2D eigenvalue weighted by Gasteiger charge is -2.22. The highest BCUT2D eigenvalue weighted by atomic mass is 15.1. The highest BCUT2D eigenvalue weighted by Crippen LogP contribution is 2.19. The molecule has 3 heteroatoms. The molecule has 27 heavy (non-hydrogen) atoms. The van der Waals surface area contributed by atoms with Crippen LogP contribution in [0.15, 0.2) is 66.7 Å². The predicted octanol–water partition coefficient (Wildman–Crippen LogP) is 4.52. The zero-order valence-electron chi connectivity index (χ0n) is 16.0. The van der Waals surface area contributed by atoms with Crippen molar-refractivity contribution < 1.29 is 0 Å². The monoisotopic (exact) mass is 357 g/mol. The summed E-state index contributed by atoms with van der Waals surface area (Å²) in [6.07, 6.45) is 1.55. The molecule has 3 rings (SSSR count). The molecule has 0 spiro atoms. The molecule has 0 saturated heterocycles. The molecule has 0 aromatic heterocycles. The lowest BCUT2D eigenvalue weighted by molar-refractivity contribution is 0.275. The van der Waals surface area contributed by atoms with Crippen LogP contribution in [0.3, 0.4) is 0 Å². The van der Waals surface area contributed by atoms with Gasteiger partial charge in [0.2, 0.25) is 0 Å². The largest absolute Gasteiger partial charge is 0.316 e. The molecule has 0 heterocycles. The highest BCUT2D eigenvalue weighted by Gasteiger charge is 2.08. The molecule has 0 radical (unpaired) electrons. The van der Waals surface area contributed by atoms with Gasteiger partial charge < -0.3 is 5.32 Å². The van der Waals surface area contributed by atoms with Crippen LogP contribution in [0.4, 0.5) is 0 Å². The van der Waals surface area contributed by atoms with Crippen molar-refractivity contribution in [3.8, 4) is 6.07 Å². The van der Waals surface area contributed by atoms with Crippen LogP contribution in [0.5, 0.6) is 0 Å². The minimum absolute atomic E-state index is 0.563. The topological polar surface area (TPSA) is 39.1 Å². The van der Waals surface area contributed by atoms with E-state index in [1.807, 2.05) is 7.05 Å². The summed E-state index contributed by atoms with van der Waals surface area (Å²) < 4.78 is 0. The van der Waals surface area contributed by atoms with E-state index in [-0.39, 0.29) is 0 Å². The van der Waals surface area contributed by atoms with Gasteiger partial charge in [0, 0.05) is 32.6 Å². The normalized spacial score (nSPS) is 11.0. The van der Waals surface area contributed by atoms with Crippen molar-refractivity contribution in [2.24, 2.45) is 0 Å². The first-order chi connectivity index (χ1) is 13.3. The Bertz CT molecular complexity index is 888. The van der Waals surface area contributed by atoms with E-state index < -0.39 is 0 Å². The molecular weight excluding hydrogens is 330 g/mol. The van der Waals surface area contributed by atoms with Crippen molar-refractivity contribution in [3.63, 3.8) is 0 Å². The van der Waals surface area contributed by atoms with Crippen LogP contribution in [-0.4, -0.2) is 25.0 Å². The number of fused-ring (bicyclic) bond motifs is 1. The van der Waals surface area contributed by atoms with E-state index in [0.29, 0.717) is 6.42 Å². The van der Waals surface area contributed by atoms with Gasteiger partial charge in [-0.2, -0.15) is 5.26 Å². The average molecular weight is 358 g/mol. The molecule has 1 N–H and O–H groups in total.